The highest BCUT2D eigenvalue weighted by molar-refractivity contribution is 7.26. The molecule has 0 aliphatic heterocycles. The second-order valence-electron chi connectivity index (χ2n) is 12.3. The fourth-order valence-corrected chi connectivity index (χ4v) is 7.80. The van der Waals surface area contributed by atoms with Gasteiger partial charge < -0.3 is 0 Å². The molecule has 0 amide bonds. The molecule has 0 atom stereocenters. The molecule has 4 nitrogen and oxygen atoms in total. The van der Waals surface area contributed by atoms with Crippen LogP contribution in [0.4, 0.5) is 0 Å². The number of hydrogen-bond acceptors (Lipinski definition) is 5. The minimum Gasteiger partial charge on any atom is -0.208 e. The summed E-state index contributed by atoms with van der Waals surface area (Å²) in [5.74, 6) is 1.86. The number of rotatable bonds is 6. The molecular weight excluding hydrogens is 641 g/mol. The van der Waals surface area contributed by atoms with Gasteiger partial charge in [-0.15, -0.1) is 11.3 Å². The maximum Gasteiger partial charge on any atom is 0.164 e. The molecule has 9 rings (SSSR count). The molecule has 5 heteroatoms. The van der Waals surface area contributed by atoms with E-state index in [4.69, 9.17) is 15.0 Å². The lowest BCUT2D eigenvalue weighted by molar-refractivity contribution is 1.07. The summed E-state index contributed by atoms with van der Waals surface area (Å²) in [6, 6.07) is 60.5. The lowest BCUT2D eigenvalue weighted by atomic mass is 9.90. The highest BCUT2D eigenvalue weighted by Crippen LogP contribution is 2.45. The quantitative estimate of drug-likeness (QED) is 0.177. The van der Waals surface area contributed by atoms with Crippen molar-refractivity contribution in [2.24, 2.45) is 0 Å². The Hall–Kier alpha value is -6.74. The summed E-state index contributed by atoms with van der Waals surface area (Å²) in [6.07, 6.45) is 0. The van der Waals surface area contributed by atoms with Gasteiger partial charge in [0.1, 0.15) is 0 Å². The van der Waals surface area contributed by atoms with Crippen LogP contribution in [0.2, 0.25) is 0 Å². The van der Waals surface area contributed by atoms with E-state index in [0.717, 1.165) is 50.1 Å². The first kappa shape index (κ1) is 30.3. The average Bonchev–Trinajstić information content (AvgIpc) is 3.60. The van der Waals surface area contributed by atoms with E-state index < -0.39 is 0 Å². The van der Waals surface area contributed by atoms with Gasteiger partial charge in [0, 0.05) is 36.9 Å². The number of hydrogen-bond donors (Lipinski definition) is 0. The van der Waals surface area contributed by atoms with Crippen LogP contribution in [0.1, 0.15) is 5.56 Å². The van der Waals surface area contributed by atoms with Crippen LogP contribution < -0.4 is 0 Å². The molecule has 0 aliphatic carbocycles. The first-order chi connectivity index (χ1) is 25.2. The molecule has 0 radical (unpaired) electrons. The Labute approximate surface area is 299 Å². The van der Waals surface area contributed by atoms with Crippen LogP contribution in [0.5, 0.6) is 0 Å². The first-order valence-corrected chi connectivity index (χ1v) is 17.6. The highest BCUT2D eigenvalue weighted by atomic mass is 32.1. The van der Waals surface area contributed by atoms with Crippen LogP contribution in [0.25, 0.3) is 87.7 Å². The van der Waals surface area contributed by atoms with E-state index in [1.807, 2.05) is 60.7 Å². The highest BCUT2D eigenvalue weighted by Gasteiger charge is 2.18. The summed E-state index contributed by atoms with van der Waals surface area (Å²) in [7, 11) is 0. The van der Waals surface area contributed by atoms with Gasteiger partial charge in [0.25, 0.3) is 0 Å². The number of benzene rings is 7. The molecule has 0 bridgehead atoms. The van der Waals surface area contributed by atoms with Gasteiger partial charge in [-0.05, 0) is 63.7 Å². The zero-order valence-corrected chi connectivity index (χ0v) is 28.2. The zero-order chi connectivity index (χ0) is 34.1. The maximum absolute atomic E-state index is 9.49. The number of fused-ring (bicyclic) bond motifs is 3. The van der Waals surface area contributed by atoms with Gasteiger partial charge in [-0.2, -0.15) is 5.26 Å². The second kappa shape index (κ2) is 12.9. The Morgan fingerprint density at radius 3 is 1.67 bits per heavy atom. The maximum atomic E-state index is 9.49. The molecule has 0 N–H and O–H groups in total. The molecule has 0 spiro atoms. The van der Waals surface area contributed by atoms with E-state index in [1.165, 1.54) is 20.2 Å². The Balaban J connectivity index is 1.17. The van der Waals surface area contributed by atoms with E-state index in [9.17, 15) is 5.26 Å². The third-order valence-corrected chi connectivity index (χ3v) is 10.3. The van der Waals surface area contributed by atoms with Crippen LogP contribution in [-0.4, -0.2) is 15.0 Å². The van der Waals surface area contributed by atoms with E-state index in [1.54, 1.807) is 11.3 Å². The summed E-state index contributed by atoms with van der Waals surface area (Å²) < 4.78 is 2.49. The van der Waals surface area contributed by atoms with Crippen molar-refractivity contribution in [1.82, 2.24) is 15.0 Å². The van der Waals surface area contributed by atoms with Gasteiger partial charge in [-0.3, -0.25) is 0 Å². The number of nitrogens with zero attached hydrogens (tertiary/aromatic N) is 4. The van der Waals surface area contributed by atoms with Crippen molar-refractivity contribution < 1.29 is 0 Å². The van der Waals surface area contributed by atoms with Crippen LogP contribution in [0.3, 0.4) is 0 Å². The van der Waals surface area contributed by atoms with Gasteiger partial charge in [0.05, 0.1) is 11.6 Å². The fraction of sp³-hybridized carbons (Fsp3) is 0. The smallest absolute Gasteiger partial charge is 0.164 e. The molecule has 0 unspecified atom stereocenters. The van der Waals surface area contributed by atoms with Gasteiger partial charge in [0.2, 0.25) is 0 Å². The normalized spacial score (nSPS) is 11.1. The van der Waals surface area contributed by atoms with E-state index >= 15 is 0 Å². The SMILES string of the molecule is N#Cc1ccc(-c2c(-c3ccc(-c4nc(-c5ccccc5)nc(-c5cccc(-c6ccccc6)c5)n4)cc3)ccc3sc4ccccc4c23)cc1. The predicted molar refractivity (Wildman–Crippen MR) is 210 cm³/mol. The Morgan fingerprint density at radius 1 is 0.412 bits per heavy atom. The van der Waals surface area contributed by atoms with Crippen molar-refractivity contribution in [3.05, 3.63) is 175 Å². The van der Waals surface area contributed by atoms with E-state index in [0.29, 0.717) is 23.0 Å². The fourth-order valence-electron chi connectivity index (χ4n) is 6.69. The van der Waals surface area contributed by atoms with Crippen molar-refractivity contribution in [1.29, 1.82) is 5.26 Å². The predicted octanol–water partition coefficient (Wildman–Crippen LogP) is 12.1. The van der Waals surface area contributed by atoms with Gasteiger partial charge in [-0.25, -0.2) is 15.0 Å². The Morgan fingerprint density at radius 2 is 0.961 bits per heavy atom. The number of thiophene rings is 1. The minimum absolute atomic E-state index is 0.613. The van der Waals surface area contributed by atoms with Crippen molar-refractivity contribution in [3.8, 4) is 73.6 Å². The molecule has 0 saturated heterocycles. The molecule has 9 aromatic rings. The van der Waals surface area contributed by atoms with Crippen LogP contribution in [0, 0.1) is 11.3 Å². The summed E-state index contributed by atoms with van der Waals surface area (Å²) in [4.78, 5) is 15.0. The lowest BCUT2D eigenvalue weighted by Crippen LogP contribution is -2.00. The summed E-state index contributed by atoms with van der Waals surface area (Å²) in [5.41, 5.74) is 10.1. The monoisotopic (exact) mass is 668 g/mol. The average molecular weight is 669 g/mol. The van der Waals surface area contributed by atoms with Gasteiger partial charge in [-0.1, -0.05) is 140 Å². The largest absolute Gasteiger partial charge is 0.208 e. The minimum atomic E-state index is 0.613. The summed E-state index contributed by atoms with van der Waals surface area (Å²) in [6.45, 7) is 0. The molecule has 0 saturated carbocycles. The van der Waals surface area contributed by atoms with E-state index in [2.05, 4.69) is 115 Å². The third kappa shape index (κ3) is 5.74. The molecule has 2 heterocycles. The number of nitriles is 1. The van der Waals surface area contributed by atoms with Crippen molar-refractivity contribution >= 4 is 31.5 Å². The molecule has 0 fully saturated rings. The topological polar surface area (TPSA) is 62.5 Å². The van der Waals surface area contributed by atoms with Crippen molar-refractivity contribution in [2.75, 3.05) is 0 Å². The van der Waals surface area contributed by atoms with Crippen LogP contribution in [-0.2, 0) is 0 Å². The van der Waals surface area contributed by atoms with Crippen LogP contribution >= 0.6 is 11.3 Å². The van der Waals surface area contributed by atoms with Crippen LogP contribution in [0.15, 0.2) is 170 Å². The standard InChI is InChI=1S/C46H28N4S/c47-29-30-18-20-33(21-19-30)42-38(26-27-41-43(42)39-16-7-8-17-40(39)51-41)32-22-24-35(25-23-32)45-48-44(34-12-5-2-6-13-34)49-46(50-45)37-15-9-14-36(28-37)31-10-3-1-4-11-31/h1-28H. The molecule has 51 heavy (non-hydrogen) atoms. The molecule has 0 aliphatic rings. The number of aromatic nitrogens is 3. The lowest BCUT2D eigenvalue weighted by Gasteiger charge is -2.14. The Kier molecular flexibility index (Phi) is 7.70. The van der Waals surface area contributed by atoms with Crippen molar-refractivity contribution in [3.63, 3.8) is 0 Å². The molecule has 7 aromatic carbocycles. The van der Waals surface area contributed by atoms with Gasteiger partial charge >= 0.3 is 0 Å². The first-order valence-electron chi connectivity index (χ1n) is 16.7. The zero-order valence-electron chi connectivity index (χ0n) is 27.4. The molecule has 2 aromatic heterocycles. The van der Waals surface area contributed by atoms with Crippen molar-refractivity contribution in [2.45, 2.75) is 0 Å². The van der Waals surface area contributed by atoms with Gasteiger partial charge in [0.15, 0.2) is 17.5 Å². The summed E-state index contributed by atoms with van der Waals surface area (Å²) >= 11 is 1.81. The second-order valence-corrected chi connectivity index (χ2v) is 13.4. The summed E-state index contributed by atoms with van der Waals surface area (Å²) in [5, 5.41) is 12.0. The van der Waals surface area contributed by atoms with E-state index in [-0.39, 0.29) is 0 Å². The third-order valence-electron chi connectivity index (χ3n) is 9.20. The molecular formula is C46H28N4S. The molecule has 238 valence electrons. The Bertz CT molecular complexity index is 2730.